The minimum atomic E-state index is -1.35. The number of nitrogens with zero attached hydrogens (tertiary/aromatic N) is 2. The van der Waals surface area contributed by atoms with E-state index in [1.165, 1.54) is 19.4 Å². The van der Waals surface area contributed by atoms with Crippen LogP contribution in [0.1, 0.15) is 77.1 Å². The van der Waals surface area contributed by atoms with E-state index in [-0.39, 0.29) is 11.3 Å². The molecule has 0 aliphatic rings. The summed E-state index contributed by atoms with van der Waals surface area (Å²) in [5.74, 6) is 1.07. The van der Waals surface area contributed by atoms with E-state index in [9.17, 15) is 9.90 Å². The summed E-state index contributed by atoms with van der Waals surface area (Å²) in [4.78, 5) is 16.2. The van der Waals surface area contributed by atoms with Crippen molar-refractivity contribution in [2.75, 3.05) is 0 Å². The van der Waals surface area contributed by atoms with Crippen LogP contribution >= 0.6 is 0 Å². The molecule has 1 N–H and O–H groups in total. The van der Waals surface area contributed by atoms with Gasteiger partial charge in [-0.05, 0) is 61.9 Å². The largest absolute Gasteiger partial charge is 0.478 e. The number of aliphatic carboxylic acids is 1. The highest BCUT2D eigenvalue weighted by atomic mass is 16.5. The second-order valence-electron chi connectivity index (χ2n) is 11.0. The summed E-state index contributed by atoms with van der Waals surface area (Å²) in [5.41, 5.74) is 3.24. The number of hydrogen-bond acceptors (Lipinski definition) is 6. The molecule has 0 unspecified atom stereocenters. The Bertz CT molecular complexity index is 1370. The monoisotopic (exact) mass is 490 g/mol. The molecule has 0 fully saturated rings. The van der Waals surface area contributed by atoms with Crippen molar-refractivity contribution in [2.24, 2.45) is 0 Å². The van der Waals surface area contributed by atoms with Crippen molar-refractivity contribution in [3.8, 4) is 17.2 Å². The second kappa shape index (κ2) is 9.45. The lowest BCUT2D eigenvalue weighted by molar-refractivity contribution is -0.152. The van der Waals surface area contributed by atoms with Crippen LogP contribution in [0.2, 0.25) is 0 Å². The number of fused-ring (bicyclic) bond motifs is 1. The predicted molar refractivity (Wildman–Crippen MR) is 138 cm³/mol. The standard InChI is InChI=1S/C29H34N2O5/c1-17(2)25-23(30-26(34-25)18-8-10-19(11-9-18)28(3,4)5)15-14-22-21-13-12-20(16-24(21)36-31-22)35-29(6,7)27(32)33/h8-13,16-17H,14-15H2,1-7H3,(H,32,33). The highest BCUT2D eigenvalue weighted by Crippen LogP contribution is 2.31. The van der Waals surface area contributed by atoms with Crippen molar-refractivity contribution in [1.29, 1.82) is 0 Å². The summed E-state index contributed by atoms with van der Waals surface area (Å²) in [6.07, 6.45) is 1.28. The third-order valence-electron chi connectivity index (χ3n) is 6.25. The molecule has 4 rings (SSSR count). The molecule has 2 heterocycles. The zero-order valence-corrected chi connectivity index (χ0v) is 22.0. The lowest BCUT2D eigenvalue weighted by Crippen LogP contribution is -2.37. The highest BCUT2D eigenvalue weighted by Gasteiger charge is 2.29. The van der Waals surface area contributed by atoms with Gasteiger partial charge in [-0.15, -0.1) is 0 Å². The van der Waals surface area contributed by atoms with Gasteiger partial charge in [0.25, 0.3) is 0 Å². The zero-order valence-electron chi connectivity index (χ0n) is 22.0. The Morgan fingerprint density at radius 1 is 1.00 bits per heavy atom. The van der Waals surface area contributed by atoms with Crippen LogP contribution < -0.4 is 4.74 Å². The second-order valence-corrected chi connectivity index (χ2v) is 11.0. The van der Waals surface area contributed by atoms with Crippen molar-refractivity contribution in [3.05, 3.63) is 65.2 Å². The lowest BCUT2D eigenvalue weighted by atomic mass is 9.87. The predicted octanol–water partition coefficient (Wildman–Crippen LogP) is 6.93. The van der Waals surface area contributed by atoms with Crippen molar-refractivity contribution < 1.29 is 23.6 Å². The maximum absolute atomic E-state index is 11.4. The average Bonchev–Trinajstić information content (AvgIpc) is 3.41. The van der Waals surface area contributed by atoms with Crippen LogP contribution in [-0.2, 0) is 23.1 Å². The number of rotatable bonds is 8. The Morgan fingerprint density at radius 2 is 1.67 bits per heavy atom. The molecule has 0 aliphatic carbocycles. The van der Waals surface area contributed by atoms with Crippen molar-refractivity contribution in [3.63, 3.8) is 0 Å². The zero-order chi connectivity index (χ0) is 26.3. The van der Waals surface area contributed by atoms with Gasteiger partial charge in [0.2, 0.25) is 5.89 Å². The molecule has 36 heavy (non-hydrogen) atoms. The minimum absolute atomic E-state index is 0.0864. The third kappa shape index (κ3) is 5.30. The molecule has 0 saturated carbocycles. The Labute approximate surface area is 211 Å². The number of carbonyl (C=O) groups is 1. The first-order chi connectivity index (χ1) is 16.8. The molecule has 7 nitrogen and oxygen atoms in total. The number of hydrogen-bond donors (Lipinski definition) is 1. The van der Waals surface area contributed by atoms with Gasteiger partial charge in [0, 0.05) is 22.9 Å². The molecule has 2 aromatic carbocycles. The number of ether oxygens (including phenoxy) is 1. The van der Waals surface area contributed by atoms with Crippen molar-refractivity contribution in [2.45, 2.75) is 78.2 Å². The van der Waals surface area contributed by atoms with Crippen LogP contribution in [0.15, 0.2) is 51.4 Å². The summed E-state index contributed by atoms with van der Waals surface area (Å²) in [5, 5.41) is 14.4. The van der Waals surface area contributed by atoms with E-state index in [0.717, 1.165) is 28.1 Å². The number of aryl methyl sites for hydroxylation is 2. The van der Waals surface area contributed by atoms with Gasteiger partial charge in [0.05, 0.1) is 11.4 Å². The van der Waals surface area contributed by atoms with E-state index in [2.05, 4.69) is 64.0 Å². The Balaban J connectivity index is 1.54. The molecule has 0 radical (unpaired) electrons. The molecule has 2 aromatic heterocycles. The van der Waals surface area contributed by atoms with Gasteiger partial charge in [0.15, 0.2) is 11.2 Å². The normalized spacial score (nSPS) is 12.4. The van der Waals surface area contributed by atoms with Gasteiger partial charge in [-0.2, -0.15) is 0 Å². The molecular formula is C29H34N2O5. The molecule has 0 amide bonds. The number of aromatic nitrogens is 2. The molecule has 0 atom stereocenters. The summed E-state index contributed by atoms with van der Waals surface area (Å²) in [6, 6.07) is 13.7. The molecular weight excluding hydrogens is 456 g/mol. The topological polar surface area (TPSA) is 98.6 Å². The first-order valence-electron chi connectivity index (χ1n) is 12.3. The summed E-state index contributed by atoms with van der Waals surface area (Å²) in [7, 11) is 0. The van der Waals surface area contributed by atoms with Crippen LogP contribution in [0.25, 0.3) is 22.4 Å². The lowest BCUT2D eigenvalue weighted by Gasteiger charge is -2.21. The molecule has 0 saturated heterocycles. The number of benzene rings is 2. The smallest absolute Gasteiger partial charge is 0.347 e. The summed E-state index contributed by atoms with van der Waals surface area (Å²) >= 11 is 0. The van der Waals surface area contributed by atoms with Crippen LogP contribution in [0, 0.1) is 0 Å². The molecule has 0 spiro atoms. The van der Waals surface area contributed by atoms with E-state index >= 15 is 0 Å². The van der Waals surface area contributed by atoms with E-state index in [1.54, 1.807) is 12.1 Å². The molecule has 0 bridgehead atoms. The molecule has 190 valence electrons. The van der Waals surface area contributed by atoms with Crippen molar-refractivity contribution in [1.82, 2.24) is 10.1 Å². The summed E-state index contributed by atoms with van der Waals surface area (Å²) < 4.78 is 17.3. The van der Waals surface area contributed by atoms with Gasteiger partial charge in [-0.3, -0.25) is 0 Å². The van der Waals surface area contributed by atoms with Gasteiger partial charge in [-0.25, -0.2) is 9.78 Å². The van der Waals surface area contributed by atoms with Crippen LogP contribution in [-0.4, -0.2) is 26.8 Å². The van der Waals surface area contributed by atoms with E-state index < -0.39 is 11.6 Å². The molecule has 4 aromatic rings. The van der Waals surface area contributed by atoms with Gasteiger partial charge >= 0.3 is 5.97 Å². The van der Waals surface area contributed by atoms with Gasteiger partial charge in [0.1, 0.15) is 11.5 Å². The SMILES string of the molecule is CC(C)c1oc(-c2ccc(C(C)(C)C)cc2)nc1CCc1noc2cc(OC(C)(C)C(=O)O)ccc12. The minimum Gasteiger partial charge on any atom is -0.478 e. The number of carboxylic acid groups (broad SMARTS) is 1. The van der Waals surface area contributed by atoms with Crippen LogP contribution in [0.5, 0.6) is 5.75 Å². The van der Waals surface area contributed by atoms with Crippen LogP contribution in [0.3, 0.4) is 0 Å². The van der Waals surface area contributed by atoms with E-state index in [1.807, 2.05) is 6.07 Å². The van der Waals surface area contributed by atoms with E-state index in [4.69, 9.17) is 18.7 Å². The fourth-order valence-electron chi connectivity index (χ4n) is 4.02. The highest BCUT2D eigenvalue weighted by molar-refractivity contribution is 5.81. The van der Waals surface area contributed by atoms with Crippen molar-refractivity contribution >= 4 is 16.9 Å². The maximum atomic E-state index is 11.4. The Morgan fingerprint density at radius 3 is 2.28 bits per heavy atom. The summed E-state index contributed by atoms with van der Waals surface area (Å²) in [6.45, 7) is 13.8. The Kier molecular flexibility index (Phi) is 6.69. The van der Waals surface area contributed by atoms with Gasteiger partial charge in [-0.1, -0.05) is 51.9 Å². The quantitative estimate of drug-likeness (QED) is 0.286. The number of oxazole rings is 1. The Hall–Kier alpha value is -3.61. The van der Waals surface area contributed by atoms with E-state index in [0.29, 0.717) is 30.1 Å². The number of carboxylic acids is 1. The molecule has 7 heteroatoms. The van der Waals surface area contributed by atoms with Crippen LogP contribution in [0.4, 0.5) is 0 Å². The molecule has 0 aliphatic heterocycles. The average molecular weight is 491 g/mol. The first-order valence-corrected chi connectivity index (χ1v) is 12.3. The first kappa shape index (κ1) is 25.5. The van der Waals surface area contributed by atoms with Gasteiger partial charge < -0.3 is 18.8 Å². The fourth-order valence-corrected chi connectivity index (χ4v) is 4.02. The third-order valence-corrected chi connectivity index (χ3v) is 6.25. The maximum Gasteiger partial charge on any atom is 0.347 e. The fraction of sp³-hybridized carbons (Fsp3) is 0.414.